The fourth-order valence-corrected chi connectivity index (χ4v) is 4.59. The van der Waals surface area contributed by atoms with Gasteiger partial charge in [-0.1, -0.05) is 18.2 Å². The molecule has 2 aliphatic rings. The summed E-state index contributed by atoms with van der Waals surface area (Å²) in [5.41, 5.74) is 5.30. The van der Waals surface area contributed by atoms with E-state index >= 15 is 0 Å². The average molecular weight is 405 g/mol. The summed E-state index contributed by atoms with van der Waals surface area (Å²) in [7, 11) is 0. The molecule has 1 atom stereocenters. The third-order valence-corrected chi connectivity index (χ3v) is 6.41. The van der Waals surface area contributed by atoms with E-state index in [0.29, 0.717) is 19.6 Å². The maximum absolute atomic E-state index is 13.3. The third-order valence-electron chi connectivity index (χ3n) is 6.41. The van der Waals surface area contributed by atoms with Crippen molar-refractivity contribution < 1.29 is 18.7 Å². The molecule has 30 heavy (non-hydrogen) atoms. The van der Waals surface area contributed by atoms with Gasteiger partial charge in [-0.2, -0.15) is 0 Å². The zero-order valence-electron chi connectivity index (χ0n) is 17.6. The molecular formula is C25H27NO4. The van der Waals surface area contributed by atoms with Crippen molar-refractivity contribution >= 4 is 16.9 Å². The predicted molar refractivity (Wildman–Crippen MR) is 115 cm³/mol. The van der Waals surface area contributed by atoms with Crippen molar-refractivity contribution in [3.8, 4) is 11.5 Å². The van der Waals surface area contributed by atoms with Crippen molar-refractivity contribution in [3.63, 3.8) is 0 Å². The van der Waals surface area contributed by atoms with E-state index < -0.39 is 0 Å². The second-order valence-electron chi connectivity index (χ2n) is 8.32. The Hall–Kier alpha value is -2.95. The molecule has 3 heterocycles. The van der Waals surface area contributed by atoms with Crippen molar-refractivity contribution in [2.75, 3.05) is 19.8 Å². The van der Waals surface area contributed by atoms with Crippen LogP contribution in [0.3, 0.4) is 0 Å². The van der Waals surface area contributed by atoms with Gasteiger partial charge in [-0.05, 0) is 55.5 Å². The van der Waals surface area contributed by atoms with E-state index in [1.165, 1.54) is 5.56 Å². The fraction of sp³-hybridized carbons (Fsp3) is 0.400. The summed E-state index contributed by atoms with van der Waals surface area (Å²) >= 11 is 0. The molecule has 5 nitrogen and oxygen atoms in total. The van der Waals surface area contributed by atoms with Gasteiger partial charge in [-0.3, -0.25) is 4.79 Å². The van der Waals surface area contributed by atoms with Crippen LogP contribution in [0.2, 0.25) is 0 Å². The van der Waals surface area contributed by atoms with E-state index in [2.05, 4.69) is 38.1 Å². The van der Waals surface area contributed by atoms with E-state index in [4.69, 9.17) is 13.9 Å². The zero-order valence-corrected chi connectivity index (χ0v) is 17.6. The number of furan rings is 1. The molecule has 2 aromatic carbocycles. The molecule has 1 amide bonds. The lowest BCUT2D eigenvalue weighted by Gasteiger charge is -2.25. The summed E-state index contributed by atoms with van der Waals surface area (Å²) in [6.07, 6.45) is 4.96. The first-order chi connectivity index (χ1) is 14.6. The minimum Gasteiger partial charge on any atom is -0.490 e. The molecule has 3 aromatic rings. The van der Waals surface area contributed by atoms with Gasteiger partial charge in [0.05, 0.1) is 31.9 Å². The lowest BCUT2D eigenvalue weighted by Crippen LogP contribution is -2.31. The topological polar surface area (TPSA) is 51.9 Å². The van der Waals surface area contributed by atoms with Gasteiger partial charge < -0.3 is 18.8 Å². The highest BCUT2D eigenvalue weighted by molar-refractivity contribution is 5.89. The quantitative estimate of drug-likeness (QED) is 0.607. The summed E-state index contributed by atoms with van der Waals surface area (Å²) in [6.45, 7) is 6.26. The first-order valence-corrected chi connectivity index (χ1v) is 10.8. The van der Waals surface area contributed by atoms with Crippen LogP contribution in [-0.4, -0.2) is 30.6 Å². The zero-order chi connectivity index (χ0) is 20.7. The number of hydrogen-bond acceptors (Lipinski definition) is 4. The van der Waals surface area contributed by atoms with Crippen molar-refractivity contribution in [3.05, 3.63) is 58.8 Å². The fourth-order valence-electron chi connectivity index (χ4n) is 4.59. The molecule has 0 bridgehead atoms. The number of fused-ring (bicyclic) bond motifs is 2. The van der Waals surface area contributed by atoms with Gasteiger partial charge in [-0.15, -0.1) is 0 Å². The molecule has 0 radical (unpaired) electrons. The number of benzene rings is 2. The highest BCUT2D eigenvalue weighted by atomic mass is 16.5. The van der Waals surface area contributed by atoms with Crippen molar-refractivity contribution in [1.82, 2.24) is 4.90 Å². The molecule has 0 spiro atoms. The molecule has 0 saturated carbocycles. The average Bonchev–Trinajstić information content (AvgIpc) is 3.32. The first kappa shape index (κ1) is 19.0. The Kier molecular flexibility index (Phi) is 4.89. The Balaban J connectivity index is 1.38. The van der Waals surface area contributed by atoms with Crippen LogP contribution in [0.4, 0.5) is 0 Å². The number of rotatable bonds is 3. The van der Waals surface area contributed by atoms with Crippen molar-refractivity contribution in [1.29, 1.82) is 0 Å². The van der Waals surface area contributed by atoms with Gasteiger partial charge in [0.1, 0.15) is 5.58 Å². The van der Waals surface area contributed by atoms with E-state index in [1.807, 2.05) is 11.0 Å². The molecule has 156 valence electrons. The second kappa shape index (κ2) is 7.71. The molecule has 0 aliphatic carbocycles. The van der Waals surface area contributed by atoms with Crippen LogP contribution in [-0.2, 0) is 11.2 Å². The maximum Gasteiger partial charge on any atom is 0.227 e. The van der Waals surface area contributed by atoms with Gasteiger partial charge in [-0.25, -0.2) is 0 Å². The number of aryl methyl sites for hydroxylation is 2. The lowest BCUT2D eigenvalue weighted by atomic mass is 10.0. The summed E-state index contributed by atoms with van der Waals surface area (Å²) in [5.74, 6) is 1.73. The normalized spacial score (nSPS) is 18.6. The standard InChI is InChI=1S/C25H27NO4/c1-16-6-8-20-19(15-30-25(20)17(16)2)14-24(27)26-10-3-5-21(26)18-7-9-22-23(13-18)29-12-4-11-28-22/h6-9,13,15,21H,3-5,10-12,14H2,1-2H3/t21-/m0/s1. The minimum atomic E-state index is 0.0804. The van der Waals surface area contributed by atoms with Crippen molar-refractivity contribution in [2.24, 2.45) is 0 Å². The summed E-state index contributed by atoms with van der Waals surface area (Å²) < 4.78 is 17.4. The van der Waals surface area contributed by atoms with Crippen molar-refractivity contribution in [2.45, 2.75) is 45.6 Å². The Bertz CT molecular complexity index is 1100. The van der Waals surface area contributed by atoms with E-state index in [1.54, 1.807) is 6.26 Å². The van der Waals surface area contributed by atoms with Crippen LogP contribution >= 0.6 is 0 Å². The highest BCUT2D eigenvalue weighted by Gasteiger charge is 2.31. The van der Waals surface area contributed by atoms with Gasteiger partial charge >= 0.3 is 0 Å². The molecular weight excluding hydrogens is 378 g/mol. The van der Waals surface area contributed by atoms with Gasteiger partial charge in [0.15, 0.2) is 11.5 Å². The Labute approximate surface area is 176 Å². The van der Waals surface area contributed by atoms with E-state index in [-0.39, 0.29) is 11.9 Å². The molecule has 1 aromatic heterocycles. The van der Waals surface area contributed by atoms with Crippen LogP contribution in [0, 0.1) is 13.8 Å². The molecule has 5 heteroatoms. The number of nitrogens with zero attached hydrogens (tertiary/aromatic N) is 1. The summed E-state index contributed by atoms with van der Waals surface area (Å²) in [6, 6.07) is 10.3. The maximum atomic E-state index is 13.3. The Morgan fingerprint density at radius 1 is 1.07 bits per heavy atom. The van der Waals surface area contributed by atoms with Crippen LogP contribution in [0.5, 0.6) is 11.5 Å². The third kappa shape index (κ3) is 3.32. The SMILES string of the molecule is Cc1ccc2c(CC(=O)N3CCC[C@H]3c3ccc4c(c3)OCCCO4)coc2c1C. The second-order valence-corrected chi connectivity index (χ2v) is 8.32. The smallest absolute Gasteiger partial charge is 0.227 e. The largest absolute Gasteiger partial charge is 0.490 e. The molecule has 1 saturated heterocycles. The Morgan fingerprint density at radius 2 is 1.90 bits per heavy atom. The minimum absolute atomic E-state index is 0.0804. The van der Waals surface area contributed by atoms with Crippen LogP contribution in [0.1, 0.15) is 47.6 Å². The number of amides is 1. The monoisotopic (exact) mass is 405 g/mol. The van der Waals surface area contributed by atoms with Gasteiger partial charge in [0.25, 0.3) is 0 Å². The number of likely N-dealkylation sites (tertiary alicyclic amines) is 1. The van der Waals surface area contributed by atoms with Crippen LogP contribution in [0.25, 0.3) is 11.0 Å². The lowest BCUT2D eigenvalue weighted by molar-refractivity contribution is -0.131. The number of ether oxygens (including phenoxy) is 2. The molecule has 2 aliphatic heterocycles. The molecule has 1 fully saturated rings. The number of hydrogen-bond donors (Lipinski definition) is 0. The molecule has 5 rings (SSSR count). The number of carbonyl (C=O) groups is 1. The van der Waals surface area contributed by atoms with Crippen LogP contribution in [0.15, 0.2) is 41.0 Å². The highest BCUT2D eigenvalue weighted by Crippen LogP contribution is 2.38. The van der Waals surface area contributed by atoms with E-state index in [0.717, 1.165) is 65.0 Å². The van der Waals surface area contributed by atoms with Gasteiger partial charge in [0, 0.05) is 23.9 Å². The molecule has 0 N–H and O–H groups in total. The predicted octanol–water partition coefficient (Wildman–Crippen LogP) is 5.12. The molecule has 0 unspecified atom stereocenters. The number of carbonyl (C=O) groups excluding carboxylic acids is 1. The van der Waals surface area contributed by atoms with E-state index in [9.17, 15) is 4.79 Å². The van der Waals surface area contributed by atoms with Crippen LogP contribution < -0.4 is 9.47 Å². The first-order valence-electron chi connectivity index (χ1n) is 10.8. The Morgan fingerprint density at radius 3 is 2.77 bits per heavy atom. The summed E-state index contributed by atoms with van der Waals surface area (Å²) in [4.78, 5) is 15.3. The summed E-state index contributed by atoms with van der Waals surface area (Å²) in [5, 5.41) is 1.04. The van der Waals surface area contributed by atoms with Gasteiger partial charge in [0.2, 0.25) is 5.91 Å².